The van der Waals surface area contributed by atoms with E-state index in [4.69, 9.17) is 6.42 Å². The fourth-order valence-electron chi connectivity index (χ4n) is 2.56. The zero-order valence-corrected chi connectivity index (χ0v) is 10.1. The van der Waals surface area contributed by atoms with Crippen molar-refractivity contribution in [3.8, 4) is 5.92 Å². The molecule has 0 saturated heterocycles. The van der Waals surface area contributed by atoms with E-state index in [1.54, 1.807) is 0 Å². The predicted molar refractivity (Wildman–Crippen MR) is 76.9 cm³/mol. The van der Waals surface area contributed by atoms with Crippen molar-refractivity contribution in [3.05, 3.63) is 66.6 Å². The summed E-state index contributed by atoms with van der Waals surface area (Å²) >= 11 is 0. The Bertz CT molecular complexity index is 691. The Labute approximate surface area is 107 Å². The molecular weight excluding hydrogens is 216 g/mol. The quantitative estimate of drug-likeness (QED) is 0.448. The summed E-state index contributed by atoms with van der Waals surface area (Å²) in [6, 6.07) is 19.2. The summed E-state index contributed by atoms with van der Waals surface area (Å²) in [5.41, 5.74) is 1.34. The van der Waals surface area contributed by atoms with Crippen LogP contribution in [-0.4, -0.2) is 0 Å². The molecule has 0 atom stereocenters. The Morgan fingerprint density at radius 2 is 1.39 bits per heavy atom. The van der Waals surface area contributed by atoms with E-state index in [2.05, 4.69) is 60.5 Å². The summed E-state index contributed by atoms with van der Waals surface area (Å²) < 4.78 is 0. The van der Waals surface area contributed by atoms with Gasteiger partial charge in [-0.05, 0) is 46.0 Å². The first-order chi connectivity index (χ1) is 8.90. The highest BCUT2D eigenvalue weighted by atomic mass is 14.1. The Kier molecular flexibility index (Phi) is 2.74. The third kappa shape index (κ3) is 1.75. The summed E-state index contributed by atoms with van der Waals surface area (Å²) in [7, 11) is 0. The number of hydrogen-bond donors (Lipinski definition) is 0. The van der Waals surface area contributed by atoms with Crippen LogP contribution < -0.4 is 0 Å². The second-order valence-corrected chi connectivity index (χ2v) is 4.47. The van der Waals surface area contributed by atoms with Gasteiger partial charge in [0, 0.05) is 6.42 Å². The second-order valence-electron chi connectivity index (χ2n) is 4.47. The van der Waals surface area contributed by atoms with Gasteiger partial charge in [0.25, 0.3) is 0 Å². The average Bonchev–Trinajstić information content (AvgIpc) is 2.43. The SMILES string of the molecule is [C]#CCCc1c2ccccc2cc2ccccc12. The second kappa shape index (κ2) is 4.55. The van der Waals surface area contributed by atoms with Crippen LogP contribution in [0.25, 0.3) is 21.5 Å². The molecule has 0 aliphatic rings. The Morgan fingerprint density at radius 1 is 0.833 bits per heavy atom. The number of rotatable bonds is 2. The molecule has 0 heterocycles. The molecule has 0 unspecified atom stereocenters. The highest BCUT2D eigenvalue weighted by Gasteiger charge is 2.06. The van der Waals surface area contributed by atoms with Crippen LogP contribution in [0.15, 0.2) is 54.6 Å². The van der Waals surface area contributed by atoms with Crippen LogP contribution in [0.4, 0.5) is 0 Å². The minimum atomic E-state index is 0.679. The lowest BCUT2D eigenvalue weighted by Crippen LogP contribution is -1.89. The van der Waals surface area contributed by atoms with Gasteiger partial charge in [-0.25, -0.2) is 0 Å². The van der Waals surface area contributed by atoms with Crippen molar-refractivity contribution >= 4 is 21.5 Å². The molecule has 0 aromatic heterocycles. The van der Waals surface area contributed by atoms with Crippen molar-refractivity contribution in [2.75, 3.05) is 0 Å². The zero-order valence-electron chi connectivity index (χ0n) is 10.1. The van der Waals surface area contributed by atoms with Crippen LogP contribution in [0.2, 0.25) is 0 Å². The monoisotopic (exact) mass is 229 g/mol. The molecule has 3 rings (SSSR count). The van der Waals surface area contributed by atoms with E-state index in [-0.39, 0.29) is 0 Å². The van der Waals surface area contributed by atoms with E-state index in [0.717, 1.165) is 6.42 Å². The third-order valence-electron chi connectivity index (χ3n) is 3.38. The number of hydrogen-bond acceptors (Lipinski definition) is 0. The van der Waals surface area contributed by atoms with Gasteiger partial charge in [-0.1, -0.05) is 54.5 Å². The first-order valence-corrected chi connectivity index (χ1v) is 6.19. The maximum absolute atomic E-state index is 7.12. The van der Waals surface area contributed by atoms with Crippen molar-refractivity contribution in [1.29, 1.82) is 0 Å². The predicted octanol–water partition coefficient (Wildman–Crippen LogP) is 4.52. The molecule has 0 spiro atoms. The summed E-state index contributed by atoms with van der Waals surface area (Å²) in [5.74, 6) is 2.50. The standard InChI is InChI=1S/C18H13/c1-2-3-10-18-16-11-6-4-8-14(16)13-15-9-5-7-12-17(15)18/h4-9,11-13H,3,10H2. The smallest absolute Gasteiger partial charge is 0.0140 e. The highest BCUT2D eigenvalue weighted by molar-refractivity contribution is 6.02. The van der Waals surface area contributed by atoms with Gasteiger partial charge in [-0.15, -0.1) is 0 Å². The minimum absolute atomic E-state index is 0.679. The molecule has 3 aromatic rings. The van der Waals surface area contributed by atoms with Gasteiger partial charge in [-0.3, -0.25) is 0 Å². The van der Waals surface area contributed by atoms with Crippen molar-refractivity contribution in [1.82, 2.24) is 0 Å². The van der Waals surface area contributed by atoms with Crippen molar-refractivity contribution in [2.45, 2.75) is 12.8 Å². The zero-order chi connectivity index (χ0) is 12.4. The molecule has 0 fully saturated rings. The molecule has 1 radical (unpaired) electrons. The van der Waals surface area contributed by atoms with Crippen LogP contribution in [-0.2, 0) is 6.42 Å². The molecule has 3 aromatic carbocycles. The van der Waals surface area contributed by atoms with Gasteiger partial charge in [-0.2, -0.15) is 0 Å². The Morgan fingerprint density at radius 3 is 1.94 bits per heavy atom. The molecule has 0 saturated carbocycles. The molecular formula is C18H13. The number of benzene rings is 3. The lowest BCUT2D eigenvalue weighted by Gasteiger charge is -2.10. The van der Waals surface area contributed by atoms with Gasteiger partial charge in [0.15, 0.2) is 0 Å². The van der Waals surface area contributed by atoms with Gasteiger partial charge < -0.3 is 0 Å². The maximum atomic E-state index is 7.12. The maximum Gasteiger partial charge on any atom is 0.0140 e. The van der Waals surface area contributed by atoms with E-state index in [1.807, 2.05) is 0 Å². The van der Waals surface area contributed by atoms with Crippen molar-refractivity contribution in [3.63, 3.8) is 0 Å². The van der Waals surface area contributed by atoms with Crippen LogP contribution in [0.1, 0.15) is 12.0 Å². The van der Waals surface area contributed by atoms with Crippen molar-refractivity contribution in [2.24, 2.45) is 0 Å². The molecule has 0 aliphatic carbocycles. The van der Waals surface area contributed by atoms with E-state index in [9.17, 15) is 0 Å². The van der Waals surface area contributed by atoms with Crippen LogP contribution >= 0.6 is 0 Å². The summed E-state index contributed by atoms with van der Waals surface area (Å²) in [6.45, 7) is 0. The molecule has 0 amide bonds. The molecule has 85 valence electrons. The summed E-state index contributed by atoms with van der Waals surface area (Å²) in [6.07, 6.45) is 8.68. The highest BCUT2D eigenvalue weighted by Crippen LogP contribution is 2.29. The molecule has 0 bridgehead atoms. The van der Waals surface area contributed by atoms with Gasteiger partial charge in [0.1, 0.15) is 0 Å². The van der Waals surface area contributed by atoms with Crippen molar-refractivity contribution < 1.29 is 0 Å². The molecule has 18 heavy (non-hydrogen) atoms. The third-order valence-corrected chi connectivity index (χ3v) is 3.38. The topological polar surface area (TPSA) is 0 Å². The van der Waals surface area contributed by atoms with E-state index in [1.165, 1.54) is 27.1 Å². The summed E-state index contributed by atoms with van der Waals surface area (Å²) in [4.78, 5) is 0. The normalized spacial score (nSPS) is 10.6. The largest absolute Gasteiger partial charge is 0.0888 e. The minimum Gasteiger partial charge on any atom is -0.0888 e. The van der Waals surface area contributed by atoms with E-state index < -0.39 is 0 Å². The molecule has 0 nitrogen and oxygen atoms in total. The molecule has 0 N–H and O–H groups in total. The number of fused-ring (bicyclic) bond motifs is 2. The Balaban J connectivity index is 2.38. The van der Waals surface area contributed by atoms with Gasteiger partial charge in [0.05, 0.1) is 0 Å². The van der Waals surface area contributed by atoms with Gasteiger partial charge >= 0.3 is 0 Å². The molecule has 0 heteroatoms. The Hall–Kier alpha value is -2.26. The van der Waals surface area contributed by atoms with E-state index >= 15 is 0 Å². The van der Waals surface area contributed by atoms with Crippen LogP contribution in [0.3, 0.4) is 0 Å². The first-order valence-electron chi connectivity index (χ1n) is 6.19. The first kappa shape index (κ1) is 10.9. The van der Waals surface area contributed by atoms with Crippen LogP contribution in [0.5, 0.6) is 0 Å². The van der Waals surface area contributed by atoms with Crippen LogP contribution in [0, 0.1) is 12.3 Å². The molecule has 0 aliphatic heterocycles. The van der Waals surface area contributed by atoms with E-state index in [0.29, 0.717) is 6.42 Å². The lowest BCUT2D eigenvalue weighted by atomic mass is 9.94. The lowest BCUT2D eigenvalue weighted by molar-refractivity contribution is 1.05. The van der Waals surface area contributed by atoms with Gasteiger partial charge in [0.2, 0.25) is 0 Å². The summed E-state index contributed by atoms with van der Waals surface area (Å²) in [5, 5.41) is 5.14. The fourth-order valence-corrected chi connectivity index (χ4v) is 2.56. The number of aryl methyl sites for hydroxylation is 1. The fraction of sp³-hybridized carbons (Fsp3) is 0.111. The average molecular weight is 229 g/mol.